The first-order chi connectivity index (χ1) is 11.8. The molecule has 1 aliphatic carbocycles. The van der Waals surface area contributed by atoms with Gasteiger partial charge < -0.3 is 15.3 Å². The number of carbonyl (C=O) groups excluding carboxylic acids is 2. The molecule has 6 nitrogen and oxygen atoms in total. The van der Waals surface area contributed by atoms with Crippen LogP contribution in [0, 0.1) is 17.8 Å². The summed E-state index contributed by atoms with van der Waals surface area (Å²) >= 11 is 0. The first-order valence-corrected chi connectivity index (χ1v) is 8.70. The van der Waals surface area contributed by atoms with Gasteiger partial charge in [0.1, 0.15) is 0 Å². The van der Waals surface area contributed by atoms with E-state index in [0.29, 0.717) is 23.7 Å². The lowest BCUT2D eigenvalue weighted by atomic mass is 10.1. The lowest BCUT2D eigenvalue weighted by molar-refractivity contribution is -0.137. The first kappa shape index (κ1) is 19.0. The Morgan fingerprint density at radius 3 is 2.32 bits per heavy atom. The molecule has 0 spiro atoms. The Hall–Kier alpha value is -2.37. The fraction of sp³-hybridized carbons (Fsp3) is 0.526. The van der Waals surface area contributed by atoms with Crippen molar-refractivity contribution < 1.29 is 19.5 Å². The van der Waals surface area contributed by atoms with E-state index in [2.05, 4.69) is 5.32 Å². The van der Waals surface area contributed by atoms with E-state index >= 15 is 0 Å². The molecule has 0 aromatic heterocycles. The number of hydrogen-bond acceptors (Lipinski definition) is 3. The number of hydrogen-bond donors (Lipinski definition) is 2. The number of carboxylic acid groups (broad SMARTS) is 1. The Morgan fingerprint density at radius 1 is 1.24 bits per heavy atom. The van der Waals surface area contributed by atoms with Crippen LogP contribution in [0.5, 0.6) is 0 Å². The number of carbonyl (C=O) groups is 3. The van der Waals surface area contributed by atoms with Crippen molar-refractivity contribution in [2.24, 2.45) is 17.8 Å². The van der Waals surface area contributed by atoms with E-state index in [-0.39, 0.29) is 36.6 Å². The van der Waals surface area contributed by atoms with Gasteiger partial charge in [0, 0.05) is 30.3 Å². The van der Waals surface area contributed by atoms with Gasteiger partial charge in [-0.3, -0.25) is 14.4 Å². The maximum Gasteiger partial charge on any atom is 0.305 e. The quantitative estimate of drug-likeness (QED) is 0.758. The molecular weight excluding hydrogens is 320 g/mol. The number of amides is 2. The van der Waals surface area contributed by atoms with E-state index < -0.39 is 5.97 Å². The molecule has 2 atom stereocenters. The van der Waals surface area contributed by atoms with Gasteiger partial charge in [0.25, 0.3) is 5.91 Å². The molecule has 0 aliphatic heterocycles. The van der Waals surface area contributed by atoms with E-state index in [1.54, 1.807) is 29.2 Å². The van der Waals surface area contributed by atoms with Crippen LogP contribution in [-0.4, -0.2) is 40.9 Å². The molecule has 1 aromatic rings. The molecule has 0 radical (unpaired) electrons. The molecule has 25 heavy (non-hydrogen) atoms. The summed E-state index contributed by atoms with van der Waals surface area (Å²) in [7, 11) is 0. The SMILES string of the molecule is CC(C)CN(CCC(=O)O)C(=O)c1ccc(NC(=O)C2CC2C)cc1. The summed E-state index contributed by atoms with van der Waals surface area (Å²) in [6, 6.07) is 6.76. The van der Waals surface area contributed by atoms with E-state index in [1.807, 2.05) is 20.8 Å². The number of aliphatic carboxylic acids is 1. The fourth-order valence-corrected chi connectivity index (χ4v) is 2.75. The standard InChI is InChI=1S/C19H26N2O4/c1-12(2)11-21(9-8-17(22)23)19(25)14-4-6-15(7-5-14)20-18(24)16-10-13(16)3/h4-7,12-13,16H,8-11H2,1-3H3,(H,20,24)(H,22,23). The van der Waals surface area contributed by atoms with Crippen LogP contribution in [0.1, 0.15) is 44.0 Å². The lowest BCUT2D eigenvalue weighted by Crippen LogP contribution is -2.36. The Kier molecular flexibility index (Phi) is 6.17. The summed E-state index contributed by atoms with van der Waals surface area (Å²) in [6.45, 7) is 6.71. The van der Waals surface area contributed by atoms with Crippen LogP contribution in [0.4, 0.5) is 5.69 Å². The first-order valence-electron chi connectivity index (χ1n) is 8.70. The summed E-state index contributed by atoms with van der Waals surface area (Å²) in [5.74, 6) is -0.303. The smallest absolute Gasteiger partial charge is 0.305 e. The van der Waals surface area contributed by atoms with Crippen LogP contribution >= 0.6 is 0 Å². The molecule has 1 saturated carbocycles. The summed E-state index contributed by atoms with van der Waals surface area (Å²) in [6.07, 6.45) is 0.850. The minimum atomic E-state index is -0.922. The van der Waals surface area contributed by atoms with Crippen molar-refractivity contribution in [2.45, 2.75) is 33.6 Å². The number of nitrogens with zero attached hydrogens (tertiary/aromatic N) is 1. The molecule has 2 unspecified atom stereocenters. The molecule has 136 valence electrons. The minimum Gasteiger partial charge on any atom is -0.481 e. The van der Waals surface area contributed by atoms with Crippen LogP contribution in [0.25, 0.3) is 0 Å². The summed E-state index contributed by atoms with van der Waals surface area (Å²) in [5.41, 5.74) is 1.16. The van der Waals surface area contributed by atoms with Crippen LogP contribution in [0.3, 0.4) is 0 Å². The molecule has 1 aliphatic rings. The predicted octanol–water partition coefficient (Wildman–Crippen LogP) is 2.85. The molecule has 2 amide bonds. The Bertz CT molecular complexity index is 639. The van der Waals surface area contributed by atoms with Crippen molar-refractivity contribution in [3.63, 3.8) is 0 Å². The molecule has 1 aromatic carbocycles. The van der Waals surface area contributed by atoms with Gasteiger partial charge in [0.2, 0.25) is 5.91 Å². The maximum atomic E-state index is 12.6. The molecule has 2 N–H and O–H groups in total. The fourth-order valence-electron chi connectivity index (χ4n) is 2.75. The van der Waals surface area contributed by atoms with Gasteiger partial charge in [0.05, 0.1) is 6.42 Å². The highest BCUT2D eigenvalue weighted by Crippen LogP contribution is 2.38. The topological polar surface area (TPSA) is 86.7 Å². The van der Waals surface area contributed by atoms with Gasteiger partial charge >= 0.3 is 5.97 Å². The van der Waals surface area contributed by atoms with Gasteiger partial charge in [-0.2, -0.15) is 0 Å². The zero-order chi connectivity index (χ0) is 18.6. The summed E-state index contributed by atoms with van der Waals surface area (Å²) < 4.78 is 0. The van der Waals surface area contributed by atoms with Crippen molar-refractivity contribution in [1.82, 2.24) is 4.90 Å². The predicted molar refractivity (Wildman–Crippen MR) is 95.3 cm³/mol. The number of anilines is 1. The van der Waals surface area contributed by atoms with Gasteiger partial charge in [-0.1, -0.05) is 20.8 Å². The molecule has 0 heterocycles. The molecular formula is C19H26N2O4. The Balaban J connectivity index is 2.00. The number of rotatable bonds is 8. The maximum absolute atomic E-state index is 12.6. The van der Waals surface area contributed by atoms with E-state index in [4.69, 9.17) is 5.11 Å². The van der Waals surface area contributed by atoms with Crippen molar-refractivity contribution in [1.29, 1.82) is 0 Å². The highest BCUT2D eigenvalue weighted by atomic mass is 16.4. The second kappa shape index (κ2) is 8.14. The second-order valence-electron chi connectivity index (χ2n) is 7.17. The van der Waals surface area contributed by atoms with Gasteiger partial charge in [-0.05, 0) is 42.5 Å². The van der Waals surface area contributed by atoms with Gasteiger partial charge in [-0.15, -0.1) is 0 Å². The van der Waals surface area contributed by atoms with Gasteiger partial charge in [0.15, 0.2) is 0 Å². The Morgan fingerprint density at radius 2 is 1.84 bits per heavy atom. The zero-order valence-corrected chi connectivity index (χ0v) is 15.0. The normalized spacial score (nSPS) is 18.7. The third-order valence-corrected chi connectivity index (χ3v) is 4.31. The molecule has 1 fully saturated rings. The lowest BCUT2D eigenvalue weighted by Gasteiger charge is -2.24. The molecule has 0 saturated heterocycles. The van der Waals surface area contributed by atoms with Crippen LogP contribution in [0.2, 0.25) is 0 Å². The molecule has 6 heteroatoms. The number of nitrogens with one attached hydrogen (secondary N) is 1. The highest BCUT2D eigenvalue weighted by molar-refractivity contribution is 5.97. The molecule has 0 bridgehead atoms. The van der Waals surface area contributed by atoms with Crippen molar-refractivity contribution in [3.05, 3.63) is 29.8 Å². The van der Waals surface area contributed by atoms with Gasteiger partial charge in [-0.25, -0.2) is 0 Å². The van der Waals surface area contributed by atoms with E-state index in [0.717, 1.165) is 6.42 Å². The summed E-state index contributed by atoms with van der Waals surface area (Å²) in [4.78, 5) is 36.9. The number of carboxylic acids is 1. The molecule has 2 rings (SSSR count). The monoisotopic (exact) mass is 346 g/mol. The second-order valence-corrected chi connectivity index (χ2v) is 7.17. The average Bonchev–Trinajstić information content (AvgIpc) is 3.28. The van der Waals surface area contributed by atoms with E-state index in [1.165, 1.54) is 0 Å². The Labute approximate surface area is 148 Å². The summed E-state index contributed by atoms with van der Waals surface area (Å²) in [5, 5.41) is 11.7. The van der Waals surface area contributed by atoms with Crippen molar-refractivity contribution in [3.8, 4) is 0 Å². The van der Waals surface area contributed by atoms with Crippen LogP contribution < -0.4 is 5.32 Å². The highest BCUT2D eigenvalue weighted by Gasteiger charge is 2.39. The van der Waals surface area contributed by atoms with Crippen LogP contribution in [-0.2, 0) is 9.59 Å². The minimum absolute atomic E-state index is 0.0227. The largest absolute Gasteiger partial charge is 0.481 e. The number of benzene rings is 1. The van der Waals surface area contributed by atoms with E-state index in [9.17, 15) is 14.4 Å². The third kappa shape index (κ3) is 5.59. The van der Waals surface area contributed by atoms with Crippen molar-refractivity contribution >= 4 is 23.5 Å². The third-order valence-electron chi connectivity index (χ3n) is 4.31. The van der Waals surface area contributed by atoms with Crippen molar-refractivity contribution in [2.75, 3.05) is 18.4 Å². The zero-order valence-electron chi connectivity index (χ0n) is 15.0. The average molecular weight is 346 g/mol. The van der Waals surface area contributed by atoms with Crippen LogP contribution in [0.15, 0.2) is 24.3 Å².